The average Bonchev–Trinajstić information content (AvgIpc) is 2.73. The smallest absolute Gasteiger partial charge is 0.0734 e. The molecule has 0 aromatic rings. The molecule has 0 amide bonds. The average molecular weight is 303 g/mol. The van der Waals surface area contributed by atoms with Crippen LogP contribution in [0.5, 0.6) is 0 Å². The van der Waals surface area contributed by atoms with Crippen LogP contribution in [0.1, 0.15) is 33.6 Å². The Kier molecular flexibility index (Phi) is 9.44. The Balaban J connectivity index is 2.04. The maximum atomic E-state index is 6.00. The van der Waals surface area contributed by atoms with Crippen LogP contribution in [0, 0.1) is 5.41 Å². The van der Waals surface area contributed by atoms with Gasteiger partial charge in [0.1, 0.15) is 0 Å². The molecule has 0 radical (unpaired) electrons. The van der Waals surface area contributed by atoms with Crippen molar-refractivity contribution >= 4 is 0 Å². The summed E-state index contributed by atoms with van der Waals surface area (Å²) in [4.78, 5) is 0. The zero-order valence-electron chi connectivity index (χ0n) is 14.2. The summed E-state index contributed by atoms with van der Waals surface area (Å²) in [7, 11) is 1.67. The second kappa shape index (κ2) is 10.5. The van der Waals surface area contributed by atoms with Gasteiger partial charge in [0, 0.05) is 13.2 Å². The SMILES string of the molecule is CCNC1C(OCCOCCOCCOC)CCC1(C)C. The van der Waals surface area contributed by atoms with Gasteiger partial charge in [0.2, 0.25) is 0 Å². The van der Waals surface area contributed by atoms with Crippen molar-refractivity contribution in [2.45, 2.75) is 45.8 Å². The standard InChI is InChI=1S/C16H33NO4/c1-5-17-15-14(6-7-16(15,2)3)21-13-12-20-11-10-19-9-8-18-4/h14-15,17H,5-13H2,1-4H3. The molecule has 0 heterocycles. The zero-order chi connectivity index (χ0) is 15.6. The van der Waals surface area contributed by atoms with Crippen molar-refractivity contribution in [1.82, 2.24) is 5.32 Å². The first kappa shape index (κ1) is 18.8. The van der Waals surface area contributed by atoms with Gasteiger partial charge in [-0.15, -0.1) is 0 Å². The van der Waals surface area contributed by atoms with Gasteiger partial charge in [-0.05, 0) is 24.8 Å². The fourth-order valence-electron chi connectivity index (χ4n) is 2.87. The number of hydrogen-bond acceptors (Lipinski definition) is 5. The van der Waals surface area contributed by atoms with E-state index in [4.69, 9.17) is 18.9 Å². The summed E-state index contributed by atoms with van der Waals surface area (Å²) in [5.74, 6) is 0. The zero-order valence-corrected chi connectivity index (χ0v) is 14.2. The van der Waals surface area contributed by atoms with Crippen LogP contribution in [0.2, 0.25) is 0 Å². The van der Waals surface area contributed by atoms with E-state index in [1.165, 1.54) is 6.42 Å². The van der Waals surface area contributed by atoms with Crippen molar-refractivity contribution in [2.75, 3.05) is 53.3 Å². The van der Waals surface area contributed by atoms with Crippen LogP contribution in [-0.2, 0) is 18.9 Å². The summed E-state index contributed by atoms with van der Waals surface area (Å²) >= 11 is 0. The van der Waals surface area contributed by atoms with E-state index < -0.39 is 0 Å². The van der Waals surface area contributed by atoms with E-state index in [0.29, 0.717) is 57.2 Å². The summed E-state index contributed by atoms with van der Waals surface area (Å²) in [6.07, 6.45) is 2.65. The molecule has 2 atom stereocenters. The molecule has 0 aromatic carbocycles. The lowest BCUT2D eigenvalue weighted by atomic mass is 9.87. The molecule has 1 aliphatic rings. The van der Waals surface area contributed by atoms with Gasteiger partial charge in [-0.25, -0.2) is 0 Å². The first-order chi connectivity index (χ1) is 10.1. The molecule has 1 aliphatic carbocycles. The third kappa shape index (κ3) is 7.06. The molecule has 1 N–H and O–H groups in total. The van der Waals surface area contributed by atoms with Crippen molar-refractivity contribution < 1.29 is 18.9 Å². The molecule has 5 heteroatoms. The van der Waals surface area contributed by atoms with E-state index in [9.17, 15) is 0 Å². The molecule has 0 saturated heterocycles. The van der Waals surface area contributed by atoms with Gasteiger partial charge in [-0.3, -0.25) is 0 Å². The Morgan fingerprint density at radius 2 is 1.62 bits per heavy atom. The van der Waals surface area contributed by atoms with Crippen LogP contribution in [0.25, 0.3) is 0 Å². The molecule has 0 spiro atoms. The fourth-order valence-corrected chi connectivity index (χ4v) is 2.87. The Hall–Kier alpha value is -0.200. The first-order valence-corrected chi connectivity index (χ1v) is 8.11. The number of likely N-dealkylation sites (N-methyl/N-ethyl adjacent to an activating group) is 1. The highest BCUT2D eigenvalue weighted by atomic mass is 16.6. The number of hydrogen-bond donors (Lipinski definition) is 1. The van der Waals surface area contributed by atoms with Crippen LogP contribution in [0.15, 0.2) is 0 Å². The Morgan fingerprint density at radius 1 is 1.00 bits per heavy atom. The molecular weight excluding hydrogens is 270 g/mol. The van der Waals surface area contributed by atoms with Gasteiger partial charge in [0.15, 0.2) is 0 Å². The minimum Gasteiger partial charge on any atom is -0.382 e. The molecule has 5 nitrogen and oxygen atoms in total. The van der Waals surface area contributed by atoms with Gasteiger partial charge in [-0.2, -0.15) is 0 Å². The van der Waals surface area contributed by atoms with Gasteiger partial charge in [0.25, 0.3) is 0 Å². The number of nitrogens with one attached hydrogen (secondary N) is 1. The summed E-state index contributed by atoms with van der Waals surface area (Å²) in [6.45, 7) is 11.5. The molecule has 2 unspecified atom stereocenters. The van der Waals surface area contributed by atoms with Crippen LogP contribution in [-0.4, -0.2) is 65.4 Å². The molecule has 1 rings (SSSR count). The van der Waals surface area contributed by atoms with E-state index in [1.807, 2.05) is 0 Å². The highest BCUT2D eigenvalue weighted by molar-refractivity contribution is 4.97. The molecule has 0 aromatic heterocycles. The van der Waals surface area contributed by atoms with Crippen LogP contribution >= 0.6 is 0 Å². The van der Waals surface area contributed by atoms with E-state index in [2.05, 4.69) is 26.1 Å². The quantitative estimate of drug-likeness (QED) is 0.558. The van der Waals surface area contributed by atoms with Crippen molar-refractivity contribution in [3.05, 3.63) is 0 Å². The Bertz CT molecular complexity index is 261. The minimum absolute atomic E-state index is 0.307. The lowest BCUT2D eigenvalue weighted by molar-refractivity contribution is -0.0251. The van der Waals surface area contributed by atoms with E-state index >= 15 is 0 Å². The normalized spacial score (nSPS) is 24.6. The maximum absolute atomic E-state index is 6.00. The molecule has 1 saturated carbocycles. The van der Waals surface area contributed by atoms with Crippen LogP contribution in [0.3, 0.4) is 0 Å². The first-order valence-electron chi connectivity index (χ1n) is 8.11. The van der Waals surface area contributed by atoms with Crippen molar-refractivity contribution in [1.29, 1.82) is 0 Å². The number of methoxy groups -OCH3 is 1. The topological polar surface area (TPSA) is 49.0 Å². The van der Waals surface area contributed by atoms with Gasteiger partial charge >= 0.3 is 0 Å². The van der Waals surface area contributed by atoms with Crippen molar-refractivity contribution in [3.63, 3.8) is 0 Å². The second-order valence-electron chi connectivity index (χ2n) is 6.19. The molecule has 1 fully saturated rings. The third-order valence-electron chi connectivity index (χ3n) is 4.07. The van der Waals surface area contributed by atoms with E-state index in [0.717, 1.165) is 13.0 Å². The summed E-state index contributed by atoms with van der Waals surface area (Å²) in [5.41, 5.74) is 0.316. The molecule has 0 aliphatic heterocycles. The molecule has 21 heavy (non-hydrogen) atoms. The van der Waals surface area contributed by atoms with Gasteiger partial charge < -0.3 is 24.3 Å². The molecule has 126 valence electrons. The van der Waals surface area contributed by atoms with Crippen molar-refractivity contribution in [2.24, 2.45) is 5.41 Å². The minimum atomic E-state index is 0.307. The highest BCUT2D eigenvalue weighted by Gasteiger charge is 2.41. The fraction of sp³-hybridized carbons (Fsp3) is 1.00. The summed E-state index contributed by atoms with van der Waals surface area (Å²) < 4.78 is 21.7. The van der Waals surface area contributed by atoms with E-state index in [1.54, 1.807) is 7.11 Å². The monoisotopic (exact) mass is 303 g/mol. The maximum Gasteiger partial charge on any atom is 0.0734 e. The summed E-state index contributed by atoms with van der Waals surface area (Å²) in [5, 5.41) is 3.57. The lowest BCUT2D eigenvalue weighted by Crippen LogP contribution is -2.45. The number of rotatable bonds is 12. The van der Waals surface area contributed by atoms with Crippen LogP contribution in [0.4, 0.5) is 0 Å². The third-order valence-corrected chi connectivity index (χ3v) is 4.07. The molecule has 0 bridgehead atoms. The van der Waals surface area contributed by atoms with Crippen LogP contribution < -0.4 is 5.32 Å². The predicted octanol–water partition coefficient (Wildman–Crippen LogP) is 1.85. The predicted molar refractivity (Wildman–Crippen MR) is 83.7 cm³/mol. The van der Waals surface area contributed by atoms with Crippen molar-refractivity contribution in [3.8, 4) is 0 Å². The van der Waals surface area contributed by atoms with Gasteiger partial charge in [-0.1, -0.05) is 20.8 Å². The largest absolute Gasteiger partial charge is 0.382 e. The lowest BCUT2D eigenvalue weighted by Gasteiger charge is -2.31. The number of ether oxygens (including phenoxy) is 4. The van der Waals surface area contributed by atoms with Gasteiger partial charge in [0.05, 0.1) is 45.7 Å². The highest BCUT2D eigenvalue weighted by Crippen LogP contribution is 2.38. The molecular formula is C16H33NO4. The second-order valence-corrected chi connectivity index (χ2v) is 6.19. The summed E-state index contributed by atoms with van der Waals surface area (Å²) in [6, 6.07) is 0.444. The van der Waals surface area contributed by atoms with E-state index in [-0.39, 0.29) is 0 Å². The Labute approximate surface area is 129 Å². The Morgan fingerprint density at radius 3 is 2.24 bits per heavy atom.